The number of rotatable bonds is 4. The number of amides is 1. The highest BCUT2D eigenvalue weighted by Gasteiger charge is 2.31. The van der Waals surface area contributed by atoms with E-state index in [1.807, 2.05) is 6.92 Å². The molecule has 1 aliphatic heterocycles. The number of carbonyl (C=O) groups excluding carboxylic acids is 2. The van der Waals surface area contributed by atoms with Gasteiger partial charge in [-0.1, -0.05) is 13.0 Å². The summed E-state index contributed by atoms with van der Waals surface area (Å²) in [4.78, 5) is 35.0. The van der Waals surface area contributed by atoms with Crippen LogP contribution in [0.2, 0.25) is 0 Å². The van der Waals surface area contributed by atoms with Gasteiger partial charge in [0.1, 0.15) is 11.5 Å². The van der Waals surface area contributed by atoms with Crippen LogP contribution in [-0.4, -0.2) is 39.6 Å². The third kappa shape index (κ3) is 3.16. The molecular weight excluding hydrogens is 294 g/mol. The first kappa shape index (κ1) is 15.4. The number of ketones is 1. The molecule has 1 fully saturated rings. The fraction of sp³-hybridized carbons (Fsp3) is 0.412. The lowest BCUT2D eigenvalue weighted by Gasteiger charge is -2.31. The van der Waals surface area contributed by atoms with Crippen molar-refractivity contribution in [2.24, 2.45) is 5.92 Å². The van der Waals surface area contributed by atoms with E-state index in [2.05, 4.69) is 9.97 Å². The van der Waals surface area contributed by atoms with Crippen molar-refractivity contribution in [2.45, 2.75) is 26.2 Å². The Kier molecular flexibility index (Phi) is 4.50. The van der Waals surface area contributed by atoms with Crippen molar-refractivity contribution in [3.63, 3.8) is 0 Å². The number of piperidine rings is 1. The second kappa shape index (κ2) is 6.73. The summed E-state index contributed by atoms with van der Waals surface area (Å²) >= 11 is 0. The highest BCUT2D eigenvalue weighted by atomic mass is 16.3. The predicted molar refractivity (Wildman–Crippen MR) is 83.1 cm³/mol. The average Bonchev–Trinajstić information content (AvgIpc) is 3.10. The van der Waals surface area contributed by atoms with E-state index < -0.39 is 0 Å². The van der Waals surface area contributed by atoms with Crippen LogP contribution in [0, 0.1) is 5.92 Å². The maximum atomic E-state index is 12.6. The maximum absolute atomic E-state index is 12.6. The van der Waals surface area contributed by atoms with E-state index in [4.69, 9.17) is 4.42 Å². The van der Waals surface area contributed by atoms with E-state index in [1.165, 1.54) is 6.39 Å². The minimum absolute atomic E-state index is 0.000956. The molecule has 0 radical (unpaired) electrons. The highest BCUT2D eigenvalue weighted by Crippen LogP contribution is 2.22. The molecule has 6 heteroatoms. The molecule has 1 aliphatic rings. The largest absolute Gasteiger partial charge is 0.448 e. The van der Waals surface area contributed by atoms with E-state index in [0.29, 0.717) is 36.7 Å². The van der Waals surface area contributed by atoms with Gasteiger partial charge in [-0.05, 0) is 25.0 Å². The Bertz CT molecular complexity index is 696. The van der Waals surface area contributed by atoms with Crippen LogP contribution >= 0.6 is 0 Å². The van der Waals surface area contributed by atoms with Crippen molar-refractivity contribution in [3.8, 4) is 0 Å². The molecule has 0 unspecified atom stereocenters. The summed E-state index contributed by atoms with van der Waals surface area (Å²) < 4.78 is 5.23. The maximum Gasteiger partial charge on any atom is 0.276 e. The summed E-state index contributed by atoms with van der Waals surface area (Å²) in [5.74, 6) is 0.223. The van der Waals surface area contributed by atoms with Crippen molar-refractivity contribution < 1.29 is 14.0 Å². The van der Waals surface area contributed by atoms with Gasteiger partial charge < -0.3 is 9.32 Å². The molecule has 1 atom stereocenters. The second-order valence-corrected chi connectivity index (χ2v) is 5.65. The Labute approximate surface area is 134 Å². The summed E-state index contributed by atoms with van der Waals surface area (Å²) in [5, 5.41) is 0. The molecule has 0 N–H and O–H groups in total. The first-order valence-electron chi connectivity index (χ1n) is 7.87. The molecule has 0 bridgehead atoms. The number of likely N-dealkylation sites (tertiary alicyclic amines) is 1. The normalized spacial score (nSPS) is 18.0. The van der Waals surface area contributed by atoms with Crippen molar-refractivity contribution in [1.82, 2.24) is 14.9 Å². The molecule has 0 spiro atoms. The Balaban J connectivity index is 1.73. The van der Waals surface area contributed by atoms with Gasteiger partial charge in [0.05, 0.1) is 0 Å². The molecule has 2 aromatic heterocycles. The number of hydrogen-bond donors (Lipinski definition) is 0. The number of aromatic nitrogens is 2. The zero-order valence-corrected chi connectivity index (χ0v) is 13.1. The van der Waals surface area contributed by atoms with Gasteiger partial charge in [0.2, 0.25) is 0 Å². The molecule has 1 amide bonds. The molecule has 0 saturated carbocycles. The summed E-state index contributed by atoms with van der Waals surface area (Å²) in [6, 6.07) is 5.30. The smallest absolute Gasteiger partial charge is 0.276 e. The van der Waals surface area contributed by atoms with Crippen molar-refractivity contribution >= 4 is 11.7 Å². The topological polar surface area (TPSA) is 76.3 Å². The third-order valence-electron chi connectivity index (χ3n) is 4.16. The van der Waals surface area contributed by atoms with Gasteiger partial charge in [0.15, 0.2) is 17.9 Å². The lowest BCUT2D eigenvalue weighted by molar-refractivity contribution is 0.0629. The summed E-state index contributed by atoms with van der Waals surface area (Å²) in [6.07, 6.45) is 5.10. The van der Waals surface area contributed by atoms with Crippen LogP contribution in [-0.2, 0) is 6.42 Å². The zero-order chi connectivity index (χ0) is 16.2. The van der Waals surface area contributed by atoms with Crippen LogP contribution in [0.4, 0.5) is 0 Å². The second-order valence-electron chi connectivity index (χ2n) is 5.65. The van der Waals surface area contributed by atoms with Crippen LogP contribution in [0.25, 0.3) is 0 Å². The van der Waals surface area contributed by atoms with Crippen molar-refractivity contribution in [2.75, 3.05) is 13.1 Å². The summed E-state index contributed by atoms with van der Waals surface area (Å²) in [5.41, 5.74) is 0.820. The fourth-order valence-corrected chi connectivity index (χ4v) is 2.94. The Morgan fingerprint density at radius 1 is 1.35 bits per heavy atom. The zero-order valence-electron chi connectivity index (χ0n) is 13.1. The number of hydrogen-bond acceptors (Lipinski definition) is 5. The van der Waals surface area contributed by atoms with Crippen molar-refractivity contribution in [1.29, 1.82) is 0 Å². The molecule has 3 rings (SSSR count). The first-order chi connectivity index (χ1) is 11.2. The van der Waals surface area contributed by atoms with E-state index >= 15 is 0 Å². The lowest BCUT2D eigenvalue weighted by Crippen LogP contribution is -2.42. The molecule has 1 saturated heterocycles. The van der Waals surface area contributed by atoms with Crippen molar-refractivity contribution in [3.05, 3.63) is 47.9 Å². The van der Waals surface area contributed by atoms with E-state index in [9.17, 15) is 9.59 Å². The lowest BCUT2D eigenvalue weighted by atomic mass is 9.91. The van der Waals surface area contributed by atoms with Crippen LogP contribution < -0.4 is 0 Å². The van der Waals surface area contributed by atoms with Gasteiger partial charge in [-0.25, -0.2) is 4.98 Å². The van der Waals surface area contributed by atoms with Crippen LogP contribution in [0.3, 0.4) is 0 Å². The Morgan fingerprint density at radius 3 is 2.96 bits per heavy atom. The molecule has 120 valence electrons. The van der Waals surface area contributed by atoms with Crippen LogP contribution in [0.15, 0.2) is 35.2 Å². The van der Waals surface area contributed by atoms with Gasteiger partial charge in [-0.15, -0.1) is 0 Å². The van der Waals surface area contributed by atoms with E-state index in [0.717, 1.165) is 12.8 Å². The fourth-order valence-electron chi connectivity index (χ4n) is 2.94. The predicted octanol–water partition coefficient (Wildman–Crippen LogP) is 2.37. The van der Waals surface area contributed by atoms with Gasteiger partial charge >= 0.3 is 0 Å². The SMILES string of the molecule is CCc1ocnc1C(=O)N1CCC[C@H](C(=O)c2ccccn2)C1. The van der Waals surface area contributed by atoms with Crippen LogP contribution in [0.5, 0.6) is 0 Å². The Hall–Kier alpha value is -2.50. The molecule has 0 aliphatic carbocycles. The van der Waals surface area contributed by atoms with Gasteiger partial charge in [0, 0.05) is 31.6 Å². The highest BCUT2D eigenvalue weighted by molar-refractivity contribution is 5.97. The van der Waals surface area contributed by atoms with Gasteiger partial charge in [0.25, 0.3) is 5.91 Å². The average molecular weight is 313 g/mol. The molecule has 23 heavy (non-hydrogen) atoms. The third-order valence-corrected chi connectivity index (χ3v) is 4.16. The molecule has 2 aromatic rings. The number of aryl methyl sites for hydroxylation is 1. The van der Waals surface area contributed by atoms with Crippen LogP contribution in [0.1, 0.15) is 46.5 Å². The molecule has 3 heterocycles. The molecule has 6 nitrogen and oxygen atoms in total. The first-order valence-corrected chi connectivity index (χ1v) is 7.87. The quantitative estimate of drug-likeness (QED) is 0.810. The number of carbonyl (C=O) groups is 2. The standard InChI is InChI=1S/C17H19N3O3/c1-2-14-15(19-11-23-14)17(22)20-9-5-6-12(10-20)16(21)13-7-3-4-8-18-13/h3-4,7-8,11-12H,2,5-6,9-10H2,1H3/t12-/m0/s1. The minimum atomic E-state index is -0.209. The number of oxazole rings is 1. The van der Waals surface area contributed by atoms with E-state index in [-0.39, 0.29) is 17.6 Å². The minimum Gasteiger partial charge on any atom is -0.448 e. The Morgan fingerprint density at radius 2 is 2.22 bits per heavy atom. The number of nitrogens with zero attached hydrogens (tertiary/aromatic N) is 3. The number of pyridine rings is 1. The monoisotopic (exact) mass is 313 g/mol. The molecular formula is C17H19N3O3. The summed E-state index contributed by atoms with van der Waals surface area (Å²) in [6.45, 7) is 2.96. The summed E-state index contributed by atoms with van der Waals surface area (Å²) in [7, 11) is 0. The van der Waals surface area contributed by atoms with E-state index in [1.54, 1.807) is 29.3 Å². The van der Waals surface area contributed by atoms with Gasteiger partial charge in [-0.3, -0.25) is 14.6 Å². The number of Topliss-reactive ketones (excluding diaryl/α,β-unsaturated/α-hetero) is 1. The molecule has 0 aromatic carbocycles. The van der Waals surface area contributed by atoms with Gasteiger partial charge in [-0.2, -0.15) is 0 Å².